The highest BCUT2D eigenvalue weighted by Crippen LogP contribution is 2.25. The molecule has 18 heavy (non-hydrogen) atoms. The molecule has 1 fully saturated rings. The van der Waals surface area contributed by atoms with Gasteiger partial charge in [0, 0.05) is 6.04 Å². The van der Waals surface area contributed by atoms with E-state index in [1.807, 2.05) is 18.2 Å². The highest BCUT2D eigenvalue weighted by atomic mass is 16.5. The molecule has 0 saturated heterocycles. The zero-order valence-electron chi connectivity index (χ0n) is 11.3. The summed E-state index contributed by atoms with van der Waals surface area (Å²) in [5.74, 6) is 1.23. The smallest absolute Gasteiger partial charge is 0.180 e. The quantitative estimate of drug-likeness (QED) is 0.785. The van der Waals surface area contributed by atoms with Gasteiger partial charge >= 0.3 is 0 Å². The second-order valence-electron chi connectivity index (χ2n) is 5.19. The van der Waals surface area contributed by atoms with E-state index in [9.17, 15) is 4.79 Å². The zero-order valence-corrected chi connectivity index (χ0v) is 11.3. The molecule has 1 aromatic carbocycles. The summed E-state index contributed by atoms with van der Waals surface area (Å²) >= 11 is 0. The number of benzene rings is 1. The minimum Gasteiger partial charge on any atom is -0.496 e. The van der Waals surface area contributed by atoms with Gasteiger partial charge in [-0.05, 0) is 36.5 Å². The predicted molar refractivity (Wildman–Crippen MR) is 72.4 cm³/mol. The molecule has 1 N–H and O–H groups in total. The maximum absolute atomic E-state index is 12.1. The van der Waals surface area contributed by atoms with Crippen molar-refractivity contribution in [3.05, 3.63) is 29.3 Å². The number of hydrogen-bond acceptors (Lipinski definition) is 3. The summed E-state index contributed by atoms with van der Waals surface area (Å²) in [5, 5.41) is 3.24. The van der Waals surface area contributed by atoms with Gasteiger partial charge in [-0.2, -0.15) is 0 Å². The van der Waals surface area contributed by atoms with Crippen LogP contribution in [0.1, 0.15) is 48.5 Å². The lowest BCUT2D eigenvalue weighted by atomic mass is 9.99. The van der Waals surface area contributed by atoms with Gasteiger partial charge < -0.3 is 10.1 Å². The van der Waals surface area contributed by atoms with E-state index in [-0.39, 0.29) is 5.78 Å². The van der Waals surface area contributed by atoms with Crippen LogP contribution in [0, 0.1) is 0 Å². The number of methoxy groups -OCH3 is 1. The summed E-state index contributed by atoms with van der Waals surface area (Å²) in [6.45, 7) is 4.66. The van der Waals surface area contributed by atoms with E-state index in [1.54, 1.807) is 7.11 Å². The van der Waals surface area contributed by atoms with Crippen LogP contribution < -0.4 is 10.1 Å². The van der Waals surface area contributed by atoms with Crippen LogP contribution >= 0.6 is 0 Å². The molecule has 1 aliphatic carbocycles. The zero-order chi connectivity index (χ0) is 13.1. The highest BCUT2D eigenvalue weighted by Gasteiger charge is 2.22. The second kappa shape index (κ2) is 5.53. The first kappa shape index (κ1) is 13.1. The average Bonchev–Trinajstić information content (AvgIpc) is 3.19. The minimum atomic E-state index is 0.106. The van der Waals surface area contributed by atoms with E-state index in [1.165, 1.54) is 18.4 Å². The lowest BCUT2D eigenvalue weighted by molar-refractivity contribution is 0.0987. The summed E-state index contributed by atoms with van der Waals surface area (Å²) in [7, 11) is 1.62. The molecule has 1 aromatic rings. The number of nitrogens with one attached hydrogen (secondary N) is 1. The molecule has 3 nitrogen and oxygen atoms in total. The maximum Gasteiger partial charge on any atom is 0.180 e. The fraction of sp³-hybridized carbons (Fsp3) is 0.533. The molecule has 2 rings (SSSR count). The first-order valence-electron chi connectivity index (χ1n) is 6.56. The molecule has 98 valence electrons. The van der Waals surface area contributed by atoms with E-state index in [0.717, 1.165) is 0 Å². The number of carbonyl (C=O) groups excluding carboxylic acids is 1. The van der Waals surface area contributed by atoms with Crippen LogP contribution in [0.25, 0.3) is 0 Å². The van der Waals surface area contributed by atoms with Crippen LogP contribution in [0.5, 0.6) is 5.75 Å². The fourth-order valence-corrected chi connectivity index (χ4v) is 1.92. The van der Waals surface area contributed by atoms with E-state index in [0.29, 0.717) is 29.8 Å². The van der Waals surface area contributed by atoms with Gasteiger partial charge in [-0.15, -0.1) is 0 Å². The minimum absolute atomic E-state index is 0.106. The van der Waals surface area contributed by atoms with Crippen LogP contribution in [-0.4, -0.2) is 25.5 Å². The van der Waals surface area contributed by atoms with E-state index in [4.69, 9.17) is 4.74 Å². The van der Waals surface area contributed by atoms with Crippen LogP contribution in [0.4, 0.5) is 0 Å². The number of ketones is 1. The average molecular weight is 247 g/mol. The topological polar surface area (TPSA) is 38.3 Å². The summed E-state index contributed by atoms with van der Waals surface area (Å²) < 4.78 is 5.33. The van der Waals surface area contributed by atoms with Gasteiger partial charge in [-0.1, -0.05) is 19.9 Å². The van der Waals surface area contributed by atoms with Crippen LogP contribution in [0.2, 0.25) is 0 Å². The SMILES string of the molecule is COc1cc(C(C)C)ccc1C(=O)CNC1CC1. The standard InChI is InChI=1S/C15H21NO2/c1-10(2)11-4-7-13(15(8-11)18-3)14(17)9-16-12-5-6-12/h4,7-8,10,12,16H,5-6,9H2,1-3H3. The normalized spacial score (nSPS) is 14.9. The fourth-order valence-electron chi connectivity index (χ4n) is 1.92. The van der Waals surface area contributed by atoms with Crippen molar-refractivity contribution in [1.82, 2.24) is 5.32 Å². The van der Waals surface area contributed by atoms with Crippen molar-refractivity contribution >= 4 is 5.78 Å². The van der Waals surface area contributed by atoms with Crippen molar-refractivity contribution in [3.63, 3.8) is 0 Å². The van der Waals surface area contributed by atoms with E-state index in [2.05, 4.69) is 19.2 Å². The molecular formula is C15H21NO2. The molecule has 0 aliphatic heterocycles. The Hall–Kier alpha value is -1.35. The van der Waals surface area contributed by atoms with E-state index >= 15 is 0 Å². The number of rotatable bonds is 6. The Kier molecular flexibility index (Phi) is 4.02. The summed E-state index contributed by atoms with van der Waals surface area (Å²) in [6, 6.07) is 6.41. The van der Waals surface area contributed by atoms with Crippen molar-refractivity contribution in [2.45, 2.75) is 38.6 Å². The Morgan fingerprint density at radius 3 is 2.72 bits per heavy atom. The Morgan fingerprint density at radius 1 is 1.44 bits per heavy atom. The lowest BCUT2D eigenvalue weighted by Gasteiger charge is -2.12. The van der Waals surface area contributed by atoms with Crippen molar-refractivity contribution in [1.29, 1.82) is 0 Å². The third-order valence-corrected chi connectivity index (χ3v) is 3.32. The number of ether oxygens (including phenoxy) is 1. The van der Waals surface area contributed by atoms with Crippen molar-refractivity contribution in [3.8, 4) is 5.75 Å². The van der Waals surface area contributed by atoms with Gasteiger partial charge in [0.25, 0.3) is 0 Å². The largest absolute Gasteiger partial charge is 0.496 e. The number of hydrogen-bond donors (Lipinski definition) is 1. The maximum atomic E-state index is 12.1. The van der Waals surface area contributed by atoms with Gasteiger partial charge in [-0.3, -0.25) is 4.79 Å². The third-order valence-electron chi connectivity index (χ3n) is 3.32. The van der Waals surface area contributed by atoms with Crippen molar-refractivity contribution < 1.29 is 9.53 Å². The molecule has 0 unspecified atom stereocenters. The van der Waals surface area contributed by atoms with Gasteiger partial charge in [0.1, 0.15) is 5.75 Å². The molecule has 0 aromatic heterocycles. The van der Waals surface area contributed by atoms with Gasteiger partial charge in [0.2, 0.25) is 0 Å². The molecule has 1 aliphatic rings. The van der Waals surface area contributed by atoms with Crippen molar-refractivity contribution in [2.75, 3.05) is 13.7 Å². The first-order chi connectivity index (χ1) is 8.61. The molecule has 0 bridgehead atoms. The number of Topliss-reactive ketones (excluding diaryl/α,β-unsaturated/α-hetero) is 1. The Bertz CT molecular complexity index is 436. The van der Waals surface area contributed by atoms with Crippen molar-refractivity contribution in [2.24, 2.45) is 0 Å². The van der Waals surface area contributed by atoms with Crippen LogP contribution in [-0.2, 0) is 0 Å². The van der Waals surface area contributed by atoms with Crippen LogP contribution in [0.3, 0.4) is 0 Å². The molecule has 0 atom stereocenters. The van der Waals surface area contributed by atoms with Gasteiger partial charge in [-0.25, -0.2) is 0 Å². The Morgan fingerprint density at radius 2 is 2.17 bits per heavy atom. The van der Waals surface area contributed by atoms with E-state index < -0.39 is 0 Å². The second-order valence-corrected chi connectivity index (χ2v) is 5.19. The molecule has 1 saturated carbocycles. The van der Waals surface area contributed by atoms with Crippen LogP contribution in [0.15, 0.2) is 18.2 Å². The monoisotopic (exact) mass is 247 g/mol. The molecule has 0 radical (unpaired) electrons. The van der Waals surface area contributed by atoms with Gasteiger partial charge in [0.05, 0.1) is 19.2 Å². The summed E-state index contributed by atoms with van der Waals surface area (Å²) in [6.07, 6.45) is 2.38. The molecule has 3 heteroatoms. The first-order valence-corrected chi connectivity index (χ1v) is 6.56. The third kappa shape index (κ3) is 3.10. The molecular weight excluding hydrogens is 226 g/mol. The summed E-state index contributed by atoms with van der Waals surface area (Å²) in [4.78, 5) is 12.1. The van der Waals surface area contributed by atoms with Gasteiger partial charge in [0.15, 0.2) is 5.78 Å². The molecule has 0 heterocycles. The Balaban J connectivity index is 2.12. The Labute approximate surface area is 109 Å². The highest BCUT2D eigenvalue weighted by molar-refractivity contribution is 6.00. The number of carbonyl (C=O) groups is 1. The lowest BCUT2D eigenvalue weighted by Crippen LogP contribution is -2.25. The molecule has 0 spiro atoms. The summed E-state index contributed by atoms with van der Waals surface area (Å²) in [5.41, 5.74) is 1.87. The predicted octanol–water partition coefficient (Wildman–Crippen LogP) is 2.75. The molecule has 0 amide bonds.